The van der Waals surface area contributed by atoms with E-state index in [1.165, 1.54) is 18.2 Å². The Kier molecular flexibility index (Phi) is 2.45. The standard InChI is InChI=1S/C9H10FNO/c1-2-6-3-7(5-12)9(11)4-8(6)10/h2-4,12H,1,5,11H2. The predicted molar refractivity (Wildman–Crippen MR) is 46.8 cm³/mol. The van der Waals surface area contributed by atoms with E-state index in [1.54, 1.807) is 0 Å². The minimum Gasteiger partial charge on any atom is -0.398 e. The van der Waals surface area contributed by atoms with Crippen LogP contribution in [-0.2, 0) is 6.61 Å². The molecule has 0 aliphatic carbocycles. The first-order chi connectivity index (χ1) is 5.69. The number of aliphatic hydroxyl groups excluding tert-OH is 1. The van der Waals surface area contributed by atoms with Crippen LogP contribution in [0.25, 0.3) is 6.08 Å². The lowest BCUT2D eigenvalue weighted by atomic mass is 10.1. The number of rotatable bonds is 2. The van der Waals surface area contributed by atoms with Crippen molar-refractivity contribution in [2.75, 3.05) is 5.73 Å². The first kappa shape index (κ1) is 8.74. The van der Waals surface area contributed by atoms with Crippen LogP contribution in [0, 0.1) is 5.82 Å². The summed E-state index contributed by atoms with van der Waals surface area (Å²) >= 11 is 0. The van der Waals surface area contributed by atoms with Crippen LogP contribution in [-0.4, -0.2) is 5.11 Å². The maximum atomic E-state index is 12.9. The third kappa shape index (κ3) is 1.46. The quantitative estimate of drug-likeness (QED) is 0.656. The Morgan fingerprint density at radius 2 is 2.25 bits per heavy atom. The molecule has 0 atom stereocenters. The number of benzene rings is 1. The Labute approximate surface area is 70.1 Å². The van der Waals surface area contributed by atoms with Gasteiger partial charge in [-0.3, -0.25) is 0 Å². The Morgan fingerprint density at radius 1 is 1.58 bits per heavy atom. The first-order valence-electron chi connectivity index (χ1n) is 3.50. The molecule has 3 N–H and O–H groups in total. The van der Waals surface area contributed by atoms with Crippen molar-refractivity contribution >= 4 is 11.8 Å². The van der Waals surface area contributed by atoms with Gasteiger partial charge in [-0.2, -0.15) is 0 Å². The molecule has 0 radical (unpaired) electrons. The zero-order valence-electron chi connectivity index (χ0n) is 6.55. The van der Waals surface area contributed by atoms with Gasteiger partial charge in [-0.05, 0) is 12.1 Å². The smallest absolute Gasteiger partial charge is 0.132 e. The molecule has 1 rings (SSSR count). The van der Waals surface area contributed by atoms with Gasteiger partial charge < -0.3 is 10.8 Å². The lowest BCUT2D eigenvalue weighted by Crippen LogP contribution is -1.96. The molecule has 3 heteroatoms. The van der Waals surface area contributed by atoms with E-state index in [-0.39, 0.29) is 12.3 Å². The number of hydrogen-bond acceptors (Lipinski definition) is 2. The van der Waals surface area contributed by atoms with Crippen LogP contribution in [0.1, 0.15) is 11.1 Å². The molecule has 0 bridgehead atoms. The minimum atomic E-state index is -0.417. The number of aliphatic hydroxyl groups is 1. The number of nitrogen functional groups attached to an aromatic ring is 1. The summed E-state index contributed by atoms with van der Waals surface area (Å²) in [4.78, 5) is 0. The minimum absolute atomic E-state index is 0.188. The van der Waals surface area contributed by atoms with Crippen molar-refractivity contribution in [3.8, 4) is 0 Å². The second-order valence-corrected chi connectivity index (χ2v) is 2.43. The molecule has 0 saturated carbocycles. The highest BCUT2D eigenvalue weighted by Gasteiger charge is 2.03. The van der Waals surface area contributed by atoms with Gasteiger partial charge in [0.1, 0.15) is 5.82 Å². The van der Waals surface area contributed by atoms with Crippen molar-refractivity contribution < 1.29 is 9.50 Å². The highest BCUT2D eigenvalue weighted by molar-refractivity contribution is 5.57. The molecule has 0 saturated heterocycles. The van der Waals surface area contributed by atoms with Gasteiger partial charge in [-0.1, -0.05) is 12.7 Å². The van der Waals surface area contributed by atoms with Gasteiger partial charge >= 0.3 is 0 Å². The molecule has 12 heavy (non-hydrogen) atoms. The molecule has 0 fully saturated rings. The topological polar surface area (TPSA) is 46.2 Å². The number of nitrogens with two attached hydrogens (primary N) is 1. The lowest BCUT2D eigenvalue weighted by molar-refractivity contribution is 0.282. The Balaban J connectivity index is 3.26. The summed E-state index contributed by atoms with van der Waals surface area (Å²) in [6, 6.07) is 2.67. The second kappa shape index (κ2) is 3.36. The van der Waals surface area contributed by atoms with Crippen LogP contribution in [0.4, 0.5) is 10.1 Å². The highest BCUT2D eigenvalue weighted by atomic mass is 19.1. The average molecular weight is 167 g/mol. The van der Waals surface area contributed by atoms with Gasteiger partial charge in [0.25, 0.3) is 0 Å². The van der Waals surface area contributed by atoms with Gasteiger partial charge in [0.2, 0.25) is 0 Å². The van der Waals surface area contributed by atoms with E-state index in [0.717, 1.165) is 0 Å². The van der Waals surface area contributed by atoms with E-state index in [0.29, 0.717) is 11.1 Å². The molecule has 0 unspecified atom stereocenters. The summed E-state index contributed by atoms with van der Waals surface area (Å²) in [5.41, 5.74) is 6.56. The van der Waals surface area contributed by atoms with Gasteiger partial charge in [-0.25, -0.2) is 4.39 Å². The third-order valence-corrected chi connectivity index (χ3v) is 1.65. The zero-order chi connectivity index (χ0) is 9.14. The maximum absolute atomic E-state index is 12.9. The van der Waals surface area contributed by atoms with Crippen LogP contribution < -0.4 is 5.73 Å². The van der Waals surface area contributed by atoms with Crippen LogP contribution in [0.5, 0.6) is 0 Å². The summed E-state index contributed by atoms with van der Waals surface area (Å²) in [6.07, 6.45) is 1.38. The molecule has 1 aromatic rings. The highest BCUT2D eigenvalue weighted by Crippen LogP contribution is 2.18. The van der Waals surface area contributed by atoms with E-state index in [2.05, 4.69) is 6.58 Å². The second-order valence-electron chi connectivity index (χ2n) is 2.43. The molecule has 0 aromatic heterocycles. The fraction of sp³-hybridized carbons (Fsp3) is 0.111. The molecule has 0 heterocycles. The van der Waals surface area contributed by atoms with E-state index in [9.17, 15) is 4.39 Å². The fourth-order valence-electron chi connectivity index (χ4n) is 0.946. The van der Waals surface area contributed by atoms with Gasteiger partial charge in [0.05, 0.1) is 6.61 Å². The first-order valence-corrected chi connectivity index (χ1v) is 3.50. The summed E-state index contributed by atoms with van der Waals surface area (Å²) in [5.74, 6) is -0.417. The Bertz CT molecular complexity index is 310. The largest absolute Gasteiger partial charge is 0.398 e. The molecule has 0 aliphatic rings. The van der Waals surface area contributed by atoms with Crippen molar-refractivity contribution in [3.63, 3.8) is 0 Å². The maximum Gasteiger partial charge on any atom is 0.132 e. The summed E-state index contributed by atoms with van der Waals surface area (Å²) in [5, 5.41) is 8.79. The van der Waals surface area contributed by atoms with Gasteiger partial charge in [0, 0.05) is 16.8 Å². The summed E-state index contributed by atoms with van der Waals surface area (Å²) in [6.45, 7) is 3.25. The number of hydrogen-bond donors (Lipinski definition) is 2. The molecule has 2 nitrogen and oxygen atoms in total. The van der Waals surface area contributed by atoms with Crippen molar-refractivity contribution in [3.05, 3.63) is 35.7 Å². The van der Waals surface area contributed by atoms with E-state index in [4.69, 9.17) is 10.8 Å². The van der Waals surface area contributed by atoms with Crippen molar-refractivity contribution in [2.45, 2.75) is 6.61 Å². The average Bonchev–Trinajstić information content (AvgIpc) is 2.05. The van der Waals surface area contributed by atoms with E-state index < -0.39 is 5.82 Å². The van der Waals surface area contributed by atoms with Crippen LogP contribution in [0.2, 0.25) is 0 Å². The normalized spacial score (nSPS) is 9.83. The molecule has 0 spiro atoms. The van der Waals surface area contributed by atoms with Crippen LogP contribution >= 0.6 is 0 Å². The molecular weight excluding hydrogens is 157 g/mol. The number of anilines is 1. The Hall–Kier alpha value is -1.35. The van der Waals surface area contributed by atoms with E-state index in [1.807, 2.05) is 0 Å². The van der Waals surface area contributed by atoms with Crippen LogP contribution in [0.3, 0.4) is 0 Å². The zero-order valence-corrected chi connectivity index (χ0v) is 6.55. The van der Waals surface area contributed by atoms with E-state index >= 15 is 0 Å². The van der Waals surface area contributed by atoms with Crippen molar-refractivity contribution in [1.29, 1.82) is 0 Å². The predicted octanol–water partition coefficient (Wildman–Crippen LogP) is 1.54. The van der Waals surface area contributed by atoms with Crippen LogP contribution in [0.15, 0.2) is 18.7 Å². The third-order valence-electron chi connectivity index (χ3n) is 1.65. The van der Waals surface area contributed by atoms with Gasteiger partial charge in [0.15, 0.2) is 0 Å². The summed E-state index contributed by atoms with van der Waals surface area (Å²) in [7, 11) is 0. The molecule has 0 amide bonds. The molecule has 0 aliphatic heterocycles. The summed E-state index contributed by atoms with van der Waals surface area (Å²) < 4.78 is 12.9. The molecular formula is C9H10FNO. The fourth-order valence-corrected chi connectivity index (χ4v) is 0.946. The molecule has 1 aromatic carbocycles. The monoisotopic (exact) mass is 167 g/mol. The lowest BCUT2D eigenvalue weighted by Gasteiger charge is -2.04. The SMILES string of the molecule is C=Cc1cc(CO)c(N)cc1F. The number of halogens is 1. The van der Waals surface area contributed by atoms with Gasteiger partial charge in [-0.15, -0.1) is 0 Å². The van der Waals surface area contributed by atoms with Crippen molar-refractivity contribution in [1.82, 2.24) is 0 Å². The van der Waals surface area contributed by atoms with Crippen molar-refractivity contribution in [2.24, 2.45) is 0 Å². The molecule has 64 valence electrons. The Morgan fingerprint density at radius 3 is 2.75 bits per heavy atom.